The summed E-state index contributed by atoms with van der Waals surface area (Å²) in [6.07, 6.45) is 0.378. The van der Waals surface area contributed by atoms with Gasteiger partial charge in [0.25, 0.3) is 0 Å². The van der Waals surface area contributed by atoms with Gasteiger partial charge in [-0.2, -0.15) is 0 Å². The van der Waals surface area contributed by atoms with E-state index >= 15 is 0 Å². The maximum absolute atomic E-state index is 8.26. The van der Waals surface area contributed by atoms with Crippen molar-refractivity contribution in [3.05, 3.63) is 29.3 Å². The number of halogens is 1. The molecule has 76 valence electrons. The molecule has 1 aromatic carbocycles. The predicted octanol–water partition coefficient (Wildman–Crippen LogP) is 1.86. The van der Waals surface area contributed by atoms with Crippen LogP contribution in [-0.2, 0) is 0 Å². The van der Waals surface area contributed by atoms with E-state index in [1.54, 1.807) is 24.3 Å². The van der Waals surface area contributed by atoms with E-state index in [9.17, 15) is 0 Å². The van der Waals surface area contributed by atoms with Crippen LogP contribution in [0.1, 0.15) is 6.42 Å². The molecule has 0 unspecified atom stereocenters. The van der Waals surface area contributed by atoms with Crippen molar-refractivity contribution in [3.8, 4) is 5.75 Å². The molecule has 0 spiro atoms. The molecule has 3 N–H and O–H groups in total. The summed E-state index contributed by atoms with van der Waals surface area (Å²) in [6, 6.07) is 7.05. The molecule has 0 aliphatic carbocycles. The fourth-order valence-electron chi connectivity index (χ4n) is 0.880. The Morgan fingerprint density at radius 2 is 2.36 bits per heavy atom. The minimum atomic E-state index is 0.145. The molecule has 0 radical (unpaired) electrons. The molecule has 0 atom stereocenters. The molecular weight excluding hydrogens is 204 g/mol. The van der Waals surface area contributed by atoms with Gasteiger partial charge in [-0.15, -0.1) is 0 Å². The van der Waals surface area contributed by atoms with Gasteiger partial charge < -0.3 is 15.7 Å². The number of hydrogen-bond acceptors (Lipinski definition) is 3. The van der Waals surface area contributed by atoms with E-state index in [0.717, 1.165) is 0 Å². The van der Waals surface area contributed by atoms with E-state index < -0.39 is 0 Å². The lowest BCUT2D eigenvalue weighted by Gasteiger charge is -2.04. The minimum Gasteiger partial charge on any atom is -0.493 e. The van der Waals surface area contributed by atoms with Crippen molar-refractivity contribution >= 4 is 17.4 Å². The van der Waals surface area contributed by atoms with Crippen molar-refractivity contribution in [2.45, 2.75) is 6.42 Å². The highest BCUT2D eigenvalue weighted by Gasteiger charge is 1.96. The van der Waals surface area contributed by atoms with E-state index in [0.29, 0.717) is 23.8 Å². The molecule has 0 amide bonds. The van der Waals surface area contributed by atoms with Crippen LogP contribution >= 0.6 is 11.6 Å². The zero-order chi connectivity index (χ0) is 10.4. The van der Waals surface area contributed by atoms with Gasteiger partial charge in [0.1, 0.15) is 11.6 Å². The Bertz CT molecular complexity index is 328. The van der Waals surface area contributed by atoms with Crippen LogP contribution in [-0.4, -0.2) is 17.6 Å². The summed E-state index contributed by atoms with van der Waals surface area (Å²) in [7, 11) is 0. The van der Waals surface area contributed by atoms with Crippen LogP contribution in [0.2, 0.25) is 5.02 Å². The molecule has 1 aromatic rings. The second-order valence-corrected chi connectivity index (χ2v) is 3.08. The van der Waals surface area contributed by atoms with Gasteiger partial charge in [-0.05, 0) is 18.2 Å². The summed E-state index contributed by atoms with van der Waals surface area (Å²) >= 11 is 5.75. The van der Waals surface area contributed by atoms with E-state index in [2.05, 4.69) is 5.16 Å². The molecule has 0 aliphatic rings. The standard InChI is InChI=1S/C9H11ClN2O2/c10-7-2-1-3-8(6-7)14-5-4-9(11)12-13/h1-3,6,13H,4-5H2,(H2,11,12). The largest absolute Gasteiger partial charge is 0.493 e. The molecular formula is C9H11ClN2O2. The maximum atomic E-state index is 8.26. The van der Waals surface area contributed by atoms with Crippen molar-refractivity contribution in [1.82, 2.24) is 0 Å². The Morgan fingerprint density at radius 1 is 1.57 bits per heavy atom. The van der Waals surface area contributed by atoms with Gasteiger partial charge >= 0.3 is 0 Å². The summed E-state index contributed by atoms with van der Waals surface area (Å²) < 4.78 is 5.30. The smallest absolute Gasteiger partial charge is 0.142 e. The zero-order valence-electron chi connectivity index (χ0n) is 7.48. The molecule has 0 saturated heterocycles. The summed E-state index contributed by atoms with van der Waals surface area (Å²) in [5.74, 6) is 0.815. The number of rotatable bonds is 4. The first-order chi connectivity index (χ1) is 6.72. The normalized spacial score (nSPS) is 11.4. The van der Waals surface area contributed by atoms with Gasteiger partial charge in [-0.25, -0.2) is 0 Å². The topological polar surface area (TPSA) is 67.8 Å². The quantitative estimate of drug-likeness (QED) is 0.348. The molecule has 5 heteroatoms. The Kier molecular flexibility index (Phi) is 4.07. The first-order valence-electron chi connectivity index (χ1n) is 4.07. The molecule has 0 bridgehead atoms. The van der Waals surface area contributed by atoms with Crippen molar-refractivity contribution in [1.29, 1.82) is 0 Å². The van der Waals surface area contributed by atoms with Crippen molar-refractivity contribution in [2.24, 2.45) is 10.9 Å². The fraction of sp³-hybridized carbons (Fsp3) is 0.222. The maximum Gasteiger partial charge on any atom is 0.142 e. The highest BCUT2D eigenvalue weighted by Crippen LogP contribution is 2.16. The molecule has 14 heavy (non-hydrogen) atoms. The summed E-state index contributed by atoms with van der Waals surface area (Å²) in [6.45, 7) is 0.357. The van der Waals surface area contributed by atoms with Crippen molar-refractivity contribution in [3.63, 3.8) is 0 Å². The number of oxime groups is 1. The van der Waals surface area contributed by atoms with E-state index in [4.69, 9.17) is 27.3 Å². The Labute approximate surface area is 86.9 Å². The van der Waals surface area contributed by atoms with E-state index in [1.165, 1.54) is 0 Å². The summed E-state index contributed by atoms with van der Waals surface area (Å²) in [4.78, 5) is 0. The first kappa shape index (κ1) is 10.7. The Morgan fingerprint density at radius 3 is 3.00 bits per heavy atom. The lowest BCUT2D eigenvalue weighted by atomic mass is 10.3. The molecule has 0 heterocycles. The lowest BCUT2D eigenvalue weighted by Crippen LogP contribution is -2.15. The Hall–Kier alpha value is -1.42. The van der Waals surface area contributed by atoms with Gasteiger partial charge in [-0.1, -0.05) is 22.8 Å². The van der Waals surface area contributed by atoms with Crippen LogP contribution in [0.4, 0.5) is 0 Å². The second kappa shape index (κ2) is 5.34. The third kappa shape index (κ3) is 3.53. The highest BCUT2D eigenvalue weighted by molar-refractivity contribution is 6.30. The van der Waals surface area contributed by atoms with Crippen LogP contribution in [0.3, 0.4) is 0 Å². The lowest BCUT2D eigenvalue weighted by molar-refractivity contribution is 0.305. The number of benzene rings is 1. The molecule has 0 saturated carbocycles. The van der Waals surface area contributed by atoms with Crippen molar-refractivity contribution in [2.75, 3.05) is 6.61 Å². The number of ether oxygens (including phenoxy) is 1. The van der Waals surface area contributed by atoms with Crippen LogP contribution in [0, 0.1) is 0 Å². The van der Waals surface area contributed by atoms with Crippen LogP contribution < -0.4 is 10.5 Å². The predicted molar refractivity (Wildman–Crippen MR) is 55.0 cm³/mol. The van der Waals surface area contributed by atoms with Gasteiger partial charge in [0, 0.05) is 11.4 Å². The van der Waals surface area contributed by atoms with Crippen LogP contribution in [0.25, 0.3) is 0 Å². The summed E-state index contributed by atoms with van der Waals surface area (Å²) in [5.41, 5.74) is 5.26. The highest BCUT2D eigenvalue weighted by atomic mass is 35.5. The van der Waals surface area contributed by atoms with Gasteiger partial charge in [-0.3, -0.25) is 0 Å². The number of hydrogen-bond donors (Lipinski definition) is 2. The molecule has 4 nitrogen and oxygen atoms in total. The third-order valence-electron chi connectivity index (χ3n) is 1.55. The van der Waals surface area contributed by atoms with Crippen LogP contribution in [0.15, 0.2) is 29.4 Å². The minimum absolute atomic E-state index is 0.145. The first-order valence-corrected chi connectivity index (χ1v) is 4.45. The summed E-state index contributed by atoms with van der Waals surface area (Å²) in [5, 5.41) is 11.7. The van der Waals surface area contributed by atoms with Gasteiger partial charge in [0.05, 0.1) is 6.61 Å². The van der Waals surface area contributed by atoms with E-state index in [1.807, 2.05) is 0 Å². The van der Waals surface area contributed by atoms with Gasteiger partial charge in [0.15, 0.2) is 0 Å². The monoisotopic (exact) mass is 214 g/mol. The molecule has 0 fully saturated rings. The van der Waals surface area contributed by atoms with E-state index in [-0.39, 0.29) is 5.84 Å². The number of nitrogens with zero attached hydrogens (tertiary/aromatic N) is 1. The number of amidine groups is 1. The average molecular weight is 215 g/mol. The zero-order valence-corrected chi connectivity index (χ0v) is 8.24. The van der Waals surface area contributed by atoms with Crippen LogP contribution in [0.5, 0.6) is 5.75 Å². The Balaban J connectivity index is 2.39. The molecule has 1 rings (SSSR count). The van der Waals surface area contributed by atoms with Crippen molar-refractivity contribution < 1.29 is 9.94 Å². The van der Waals surface area contributed by atoms with Gasteiger partial charge in [0.2, 0.25) is 0 Å². The molecule has 0 aliphatic heterocycles. The SMILES string of the molecule is N/C(CCOc1cccc(Cl)c1)=N\O. The number of nitrogens with two attached hydrogens (primary N) is 1. The third-order valence-corrected chi connectivity index (χ3v) is 1.79. The fourth-order valence-corrected chi connectivity index (χ4v) is 1.06. The average Bonchev–Trinajstić information content (AvgIpc) is 2.17. The second-order valence-electron chi connectivity index (χ2n) is 2.65. The molecule has 0 aromatic heterocycles.